The number of carbonyl (C=O) groups is 2. The van der Waals surface area contributed by atoms with Gasteiger partial charge in [-0.25, -0.2) is 5.01 Å². The SMILES string of the molecule is CC(=O)N[C@H](Cc1ccccc1)C(=O)NN(CCCl)CCCl. The first-order valence-electron chi connectivity index (χ1n) is 7.05. The highest BCUT2D eigenvalue weighted by Crippen LogP contribution is 2.04. The fraction of sp³-hybridized carbons (Fsp3) is 0.467. The highest BCUT2D eigenvalue weighted by Gasteiger charge is 2.21. The lowest BCUT2D eigenvalue weighted by Gasteiger charge is -2.25. The molecule has 0 aliphatic heterocycles. The van der Waals surface area contributed by atoms with E-state index in [1.807, 2.05) is 30.3 Å². The molecular weight excluding hydrogens is 325 g/mol. The van der Waals surface area contributed by atoms with Gasteiger partial charge >= 0.3 is 0 Å². The van der Waals surface area contributed by atoms with E-state index in [1.54, 1.807) is 5.01 Å². The first-order valence-corrected chi connectivity index (χ1v) is 8.12. The third-order valence-corrected chi connectivity index (χ3v) is 3.29. The van der Waals surface area contributed by atoms with Gasteiger partial charge in [0.2, 0.25) is 5.91 Å². The van der Waals surface area contributed by atoms with Gasteiger partial charge in [0.1, 0.15) is 6.04 Å². The molecule has 0 aliphatic carbocycles. The van der Waals surface area contributed by atoms with Crippen LogP contribution in [-0.4, -0.2) is 47.7 Å². The minimum Gasteiger partial charge on any atom is -0.344 e. The van der Waals surface area contributed by atoms with Crippen molar-refractivity contribution >= 4 is 35.0 Å². The molecule has 0 spiro atoms. The predicted octanol–water partition coefficient (Wildman–Crippen LogP) is 1.54. The molecule has 2 N–H and O–H groups in total. The van der Waals surface area contributed by atoms with Crippen LogP contribution in [-0.2, 0) is 16.0 Å². The summed E-state index contributed by atoms with van der Waals surface area (Å²) in [6, 6.07) is 8.87. The Hall–Kier alpha value is -1.30. The number of amides is 2. The van der Waals surface area contributed by atoms with Gasteiger partial charge in [-0.1, -0.05) is 30.3 Å². The molecule has 1 rings (SSSR count). The van der Waals surface area contributed by atoms with Crippen molar-refractivity contribution in [2.45, 2.75) is 19.4 Å². The molecule has 2 amide bonds. The Morgan fingerprint density at radius 1 is 1.14 bits per heavy atom. The van der Waals surface area contributed by atoms with Crippen molar-refractivity contribution in [2.24, 2.45) is 0 Å². The molecule has 0 heterocycles. The molecule has 0 saturated carbocycles. The Bertz CT molecular complexity index is 465. The monoisotopic (exact) mass is 345 g/mol. The second-order valence-corrected chi connectivity index (χ2v) is 5.54. The van der Waals surface area contributed by atoms with Crippen molar-refractivity contribution in [1.82, 2.24) is 15.8 Å². The zero-order valence-electron chi connectivity index (χ0n) is 12.5. The summed E-state index contributed by atoms with van der Waals surface area (Å²) in [4.78, 5) is 23.7. The van der Waals surface area contributed by atoms with Crippen molar-refractivity contribution in [3.63, 3.8) is 0 Å². The third kappa shape index (κ3) is 7.11. The Morgan fingerprint density at radius 2 is 1.73 bits per heavy atom. The lowest BCUT2D eigenvalue weighted by atomic mass is 10.1. The molecule has 0 fully saturated rings. The maximum atomic E-state index is 12.4. The Morgan fingerprint density at radius 3 is 2.23 bits per heavy atom. The fourth-order valence-electron chi connectivity index (χ4n) is 1.97. The highest BCUT2D eigenvalue weighted by molar-refractivity contribution is 6.18. The van der Waals surface area contributed by atoms with Crippen LogP contribution in [0.15, 0.2) is 30.3 Å². The number of hydrazine groups is 1. The second-order valence-electron chi connectivity index (χ2n) is 4.78. The lowest BCUT2D eigenvalue weighted by molar-refractivity contribution is -0.131. The van der Waals surface area contributed by atoms with Gasteiger partial charge in [0.05, 0.1) is 0 Å². The summed E-state index contributed by atoms with van der Waals surface area (Å²) in [5, 5.41) is 4.33. The van der Waals surface area contributed by atoms with E-state index < -0.39 is 6.04 Å². The molecular formula is C15H21Cl2N3O2. The molecule has 0 radical (unpaired) electrons. The van der Waals surface area contributed by atoms with E-state index in [1.165, 1.54) is 6.92 Å². The van der Waals surface area contributed by atoms with Crippen molar-refractivity contribution in [3.8, 4) is 0 Å². The first-order chi connectivity index (χ1) is 10.6. The van der Waals surface area contributed by atoms with Gasteiger partial charge in [-0.2, -0.15) is 0 Å². The van der Waals surface area contributed by atoms with Crippen LogP contribution < -0.4 is 10.7 Å². The molecule has 122 valence electrons. The van der Waals surface area contributed by atoms with Gasteiger partial charge in [-0.05, 0) is 5.56 Å². The average Bonchev–Trinajstić information content (AvgIpc) is 2.47. The molecule has 22 heavy (non-hydrogen) atoms. The standard InChI is InChI=1S/C15H21Cl2N3O2/c1-12(21)18-14(11-13-5-3-2-4-6-13)15(22)19-20(9-7-16)10-8-17/h2-6,14H,7-11H2,1H3,(H,18,21)(H,19,22)/t14-/m1/s1. The molecule has 7 heteroatoms. The van der Waals surface area contributed by atoms with E-state index >= 15 is 0 Å². The number of rotatable bonds is 9. The smallest absolute Gasteiger partial charge is 0.257 e. The summed E-state index contributed by atoms with van der Waals surface area (Å²) in [6.07, 6.45) is 0.418. The molecule has 1 atom stereocenters. The van der Waals surface area contributed by atoms with Crippen molar-refractivity contribution in [1.29, 1.82) is 0 Å². The summed E-state index contributed by atoms with van der Waals surface area (Å²) >= 11 is 11.4. The lowest BCUT2D eigenvalue weighted by Crippen LogP contribution is -2.53. The average molecular weight is 346 g/mol. The van der Waals surface area contributed by atoms with Crippen LogP contribution in [0, 0.1) is 0 Å². The Balaban J connectivity index is 2.72. The summed E-state index contributed by atoms with van der Waals surface area (Å²) in [5.41, 5.74) is 3.73. The molecule has 1 aromatic carbocycles. The number of nitrogens with zero attached hydrogens (tertiary/aromatic N) is 1. The maximum absolute atomic E-state index is 12.4. The number of carbonyl (C=O) groups excluding carboxylic acids is 2. The molecule has 0 saturated heterocycles. The zero-order valence-corrected chi connectivity index (χ0v) is 14.0. The number of hydrogen-bond acceptors (Lipinski definition) is 3. The number of hydrogen-bond donors (Lipinski definition) is 2. The van der Waals surface area contributed by atoms with E-state index in [-0.39, 0.29) is 11.8 Å². The van der Waals surface area contributed by atoms with Gasteiger partial charge < -0.3 is 5.32 Å². The quantitative estimate of drug-likeness (QED) is 0.527. The van der Waals surface area contributed by atoms with E-state index in [4.69, 9.17) is 23.2 Å². The van der Waals surface area contributed by atoms with Crippen LogP contribution in [0.2, 0.25) is 0 Å². The minimum absolute atomic E-state index is 0.252. The largest absolute Gasteiger partial charge is 0.344 e. The van der Waals surface area contributed by atoms with Crippen LogP contribution >= 0.6 is 23.2 Å². The van der Waals surface area contributed by atoms with Gasteiger partial charge in [0, 0.05) is 38.2 Å². The number of halogens is 2. The summed E-state index contributed by atoms with van der Waals surface area (Å²) in [6.45, 7) is 2.36. The number of nitrogens with one attached hydrogen (secondary N) is 2. The van der Waals surface area contributed by atoms with Gasteiger partial charge in [0.25, 0.3) is 5.91 Å². The first kappa shape index (κ1) is 18.7. The van der Waals surface area contributed by atoms with Gasteiger partial charge in [-0.3, -0.25) is 15.0 Å². The molecule has 1 aromatic rings. The second kappa shape index (κ2) is 10.4. The van der Waals surface area contributed by atoms with Crippen LogP contribution in [0.4, 0.5) is 0 Å². The molecule has 0 aliphatic rings. The third-order valence-electron chi connectivity index (χ3n) is 2.95. The van der Waals surface area contributed by atoms with Crippen molar-refractivity contribution in [3.05, 3.63) is 35.9 Å². The predicted molar refractivity (Wildman–Crippen MR) is 88.9 cm³/mol. The minimum atomic E-state index is -0.645. The van der Waals surface area contributed by atoms with E-state index in [9.17, 15) is 9.59 Å². The van der Waals surface area contributed by atoms with E-state index in [0.29, 0.717) is 31.3 Å². The molecule has 0 bridgehead atoms. The topological polar surface area (TPSA) is 61.4 Å². The molecule has 0 aromatic heterocycles. The van der Waals surface area contributed by atoms with Crippen LogP contribution in [0.5, 0.6) is 0 Å². The highest BCUT2D eigenvalue weighted by atomic mass is 35.5. The summed E-state index contributed by atoms with van der Waals surface area (Å²) < 4.78 is 0. The van der Waals surface area contributed by atoms with E-state index in [0.717, 1.165) is 5.56 Å². The van der Waals surface area contributed by atoms with Crippen LogP contribution in [0.1, 0.15) is 12.5 Å². The fourth-order valence-corrected chi connectivity index (χ4v) is 2.37. The van der Waals surface area contributed by atoms with Gasteiger partial charge in [-0.15, -0.1) is 23.2 Å². The number of benzene rings is 1. The maximum Gasteiger partial charge on any atom is 0.257 e. The Kier molecular flexibility index (Phi) is 8.89. The van der Waals surface area contributed by atoms with Crippen LogP contribution in [0.25, 0.3) is 0 Å². The normalized spacial score (nSPS) is 12.0. The molecule has 5 nitrogen and oxygen atoms in total. The molecule has 0 unspecified atom stereocenters. The van der Waals surface area contributed by atoms with E-state index in [2.05, 4.69) is 10.7 Å². The Labute approximate surface area is 140 Å². The summed E-state index contributed by atoms with van der Waals surface area (Å²) in [5.74, 6) is 0.216. The summed E-state index contributed by atoms with van der Waals surface area (Å²) in [7, 11) is 0. The van der Waals surface area contributed by atoms with Crippen molar-refractivity contribution < 1.29 is 9.59 Å². The van der Waals surface area contributed by atoms with Gasteiger partial charge in [0.15, 0.2) is 0 Å². The van der Waals surface area contributed by atoms with Crippen LogP contribution in [0.3, 0.4) is 0 Å². The zero-order chi connectivity index (χ0) is 16.4. The number of alkyl halides is 2. The van der Waals surface area contributed by atoms with Crippen molar-refractivity contribution in [2.75, 3.05) is 24.8 Å².